The van der Waals surface area contributed by atoms with Gasteiger partial charge in [-0.3, -0.25) is 0 Å². The molecule has 9 heteroatoms. The van der Waals surface area contributed by atoms with Crippen LogP contribution in [0.1, 0.15) is 10.7 Å². The lowest BCUT2D eigenvalue weighted by Crippen LogP contribution is -1.98. The lowest BCUT2D eigenvalue weighted by molar-refractivity contribution is 0.184. The molecule has 3 aromatic heterocycles. The summed E-state index contributed by atoms with van der Waals surface area (Å²) < 4.78 is 11.8. The third-order valence-electron chi connectivity index (χ3n) is 2.44. The Labute approximate surface area is 117 Å². The summed E-state index contributed by atoms with van der Waals surface area (Å²) in [6.07, 6.45) is 1.52. The molecule has 0 aliphatic heterocycles. The van der Waals surface area contributed by atoms with Gasteiger partial charge in [0, 0.05) is 7.11 Å². The summed E-state index contributed by atoms with van der Waals surface area (Å²) in [5.41, 5.74) is 0.626. The molecule has 0 unspecified atom stereocenters. The summed E-state index contributed by atoms with van der Waals surface area (Å²) in [7, 11) is 1.58. The maximum Gasteiger partial charge on any atom is 0.235 e. The van der Waals surface area contributed by atoms with E-state index in [-0.39, 0.29) is 5.69 Å². The van der Waals surface area contributed by atoms with E-state index in [0.717, 1.165) is 0 Å². The van der Waals surface area contributed by atoms with Gasteiger partial charge in [0.25, 0.3) is 0 Å². The van der Waals surface area contributed by atoms with E-state index in [9.17, 15) is 0 Å². The molecular weight excluding hydrogens is 280 g/mol. The third kappa shape index (κ3) is 2.07. The van der Waals surface area contributed by atoms with Gasteiger partial charge in [0.2, 0.25) is 5.13 Å². The summed E-state index contributed by atoms with van der Waals surface area (Å²) in [6.45, 7) is 0.369. The normalized spacial score (nSPS) is 10.6. The van der Waals surface area contributed by atoms with Gasteiger partial charge in [-0.1, -0.05) is 16.6 Å². The maximum absolute atomic E-state index is 9.11. The van der Waals surface area contributed by atoms with E-state index in [1.807, 2.05) is 6.07 Å². The number of nitriles is 1. The smallest absolute Gasteiger partial charge is 0.235 e. The van der Waals surface area contributed by atoms with E-state index in [0.29, 0.717) is 28.2 Å². The average molecular weight is 288 g/mol. The highest BCUT2D eigenvalue weighted by Crippen LogP contribution is 2.26. The van der Waals surface area contributed by atoms with Crippen LogP contribution in [0.25, 0.3) is 16.6 Å². The molecule has 0 radical (unpaired) electrons. The summed E-state index contributed by atoms with van der Waals surface area (Å²) >= 11 is 1.31. The van der Waals surface area contributed by atoms with Crippen molar-refractivity contribution in [3.05, 3.63) is 29.1 Å². The molecule has 100 valence electrons. The van der Waals surface area contributed by atoms with E-state index < -0.39 is 0 Å². The Morgan fingerprint density at radius 3 is 3.05 bits per heavy atom. The van der Waals surface area contributed by atoms with Crippen molar-refractivity contribution in [2.75, 3.05) is 7.11 Å². The van der Waals surface area contributed by atoms with Gasteiger partial charge in [0.1, 0.15) is 17.7 Å². The van der Waals surface area contributed by atoms with Gasteiger partial charge in [-0.15, -0.1) is 15.3 Å². The molecule has 3 heterocycles. The first-order valence-electron chi connectivity index (χ1n) is 5.55. The average Bonchev–Trinajstić information content (AvgIpc) is 3.18. The Hall–Kier alpha value is -2.57. The number of nitrogens with zero attached hydrogens (tertiary/aromatic N) is 6. The number of hydrogen-bond donors (Lipinski definition) is 0. The van der Waals surface area contributed by atoms with Gasteiger partial charge in [0.15, 0.2) is 17.1 Å². The number of furan rings is 1. The van der Waals surface area contributed by atoms with Gasteiger partial charge < -0.3 is 9.15 Å². The van der Waals surface area contributed by atoms with Gasteiger partial charge in [-0.05, 0) is 12.1 Å². The standard InChI is InChI=1S/C11H8N6O2S/c1-18-6-9-14-15-11(20-9)17-10(7(5-12)13-16-17)8-3-2-4-19-8/h2-4H,6H2,1H3. The summed E-state index contributed by atoms with van der Waals surface area (Å²) in [5.74, 6) is 0.495. The topological polar surface area (TPSA) is 103 Å². The van der Waals surface area contributed by atoms with Crippen LogP contribution in [0.2, 0.25) is 0 Å². The summed E-state index contributed by atoms with van der Waals surface area (Å²) in [6, 6.07) is 5.44. The van der Waals surface area contributed by atoms with Crippen LogP contribution in [0.15, 0.2) is 22.8 Å². The molecule has 0 N–H and O–H groups in total. The highest BCUT2D eigenvalue weighted by Gasteiger charge is 2.20. The molecule has 0 aliphatic carbocycles. The number of aromatic nitrogens is 5. The molecule has 3 rings (SSSR count). The zero-order valence-corrected chi connectivity index (χ0v) is 11.2. The van der Waals surface area contributed by atoms with Crippen LogP contribution in [0, 0.1) is 11.3 Å². The van der Waals surface area contributed by atoms with E-state index in [1.165, 1.54) is 22.3 Å². The monoisotopic (exact) mass is 288 g/mol. The van der Waals surface area contributed by atoms with Crippen molar-refractivity contribution in [1.29, 1.82) is 5.26 Å². The molecule has 0 amide bonds. The molecule has 3 aromatic rings. The molecule has 0 saturated carbocycles. The number of rotatable bonds is 4. The Morgan fingerprint density at radius 2 is 2.35 bits per heavy atom. The predicted molar refractivity (Wildman–Crippen MR) is 68.0 cm³/mol. The van der Waals surface area contributed by atoms with Crippen molar-refractivity contribution in [3.8, 4) is 22.7 Å². The molecule has 0 aromatic carbocycles. The molecular formula is C11H8N6O2S. The fourth-order valence-electron chi connectivity index (χ4n) is 1.64. The van der Waals surface area contributed by atoms with Gasteiger partial charge in [-0.25, -0.2) is 0 Å². The van der Waals surface area contributed by atoms with E-state index >= 15 is 0 Å². The van der Waals surface area contributed by atoms with E-state index in [1.54, 1.807) is 19.2 Å². The molecule has 0 fully saturated rings. The first-order valence-corrected chi connectivity index (χ1v) is 6.36. The first-order chi connectivity index (χ1) is 9.83. The van der Waals surface area contributed by atoms with Crippen LogP contribution in [-0.4, -0.2) is 32.3 Å². The number of hydrogen-bond acceptors (Lipinski definition) is 8. The van der Waals surface area contributed by atoms with Crippen molar-refractivity contribution in [2.45, 2.75) is 6.61 Å². The van der Waals surface area contributed by atoms with Gasteiger partial charge >= 0.3 is 0 Å². The molecule has 0 spiro atoms. The zero-order chi connectivity index (χ0) is 13.9. The maximum atomic E-state index is 9.11. The fraction of sp³-hybridized carbons (Fsp3) is 0.182. The lowest BCUT2D eigenvalue weighted by atomic mass is 10.3. The Balaban J connectivity index is 2.10. The second-order valence-corrected chi connectivity index (χ2v) is 4.74. The van der Waals surface area contributed by atoms with Crippen molar-refractivity contribution in [2.24, 2.45) is 0 Å². The van der Waals surface area contributed by atoms with Crippen molar-refractivity contribution in [3.63, 3.8) is 0 Å². The minimum absolute atomic E-state index is 0.170. The Bertz CT molecular complexity index is 754. The van der Waals surface area contributed by atoms with Crippen LogP contribution < -0.4 is 0 Å². The highest BCUT2D eigenvalue weighted by molar-refractivity contribution is 7.13. The SMILES string of the molecule is COCc1nnc(-n2nnc(C#N)c2-c2ccco2)s1. The van der Waals surface area contributed by atoms with Crippen LogP contribution in [0.3, 0.4) is 0 Å². The second-order valence-electron chi connectivity index (χ2n) is 3.70. The molecule has 20 heavy (non-hydrogen) atoms. The molecule has 0 bridgehead atoms. The zero-order valence-electron chi connectivity index (χ0n) is 10.3. The molecule has 0 aliphatic rings. The minimum Gasteiger partial charge on any atom is -0.463 e. The highest BCUT2D eigenvalue weighted by atomic mass is 32.1. The van der Waals surface area contributed by atoms with Gasteiger partial charge in [0.05, 0.1) is 6.26 Å². The van der Waals surface area contributed by atoms with Crippen LogP contribution in [0.5, 0.6) is 0 Å². The molecule has 0 atom stereocenters. The van der Waals surface area contributed by atoms with Gasteiger partial charge in [-0.2, -0.15) is 9.94 Å². The number of ether oxygens (including phenoxy) is 1. The van der Waals surface area contributed by atoms with E-state index in [2.05, 4.69) is 20.5 Å². The molecule has 8 nitrogen and oxygen atoms in total. The Morgan fingerprint density at radius 1 is 1.45 bits per heavy atom. The van der Waals surface area contributed by atoms with Crippen LogP contribution in [0.4, 0.5) is 0 Å². The quantitative estimate of drug-likeness (QED) is 0.714. The lowest BCUT2D eigenvalue weighted by Gasteiger charge is -1.98. The summed E-state index contributed by atoms with van der Waals surface area (Å²) in [5, 5.41) is 26.1. The van der Waals surface area contributed by atoms with Crippen molar-refractivity contribution < 1.29 is 9.15 Å². The first kappa shape index (κ1) is 12.5. The van der Waals surface area contributed by atoms with Crippen LogP contribution in [-0.2, 0) is 11.3 Å². The number of methoxy groups -OCH3 is 1. The van der Waals surface area contributed by atoms with E-state index in [4.69, 9.17) is 14.4 Å². The predicted octanol–water partition coefficient (Wildman–Crippen LogP) is 1.40. The fourth-order valence-corrected chi connectivity index (χ4v) is 2.40. The molecule has 0 saturated heterocycles. The third-order valence-corrected chi connectivity index (χ3v) is 3.31. The minimum atomic E-state index is 0.170. The van der Waals surface area contributed by atoms with Crippen molar-refractivity contribution in [1.82, 2.24) is 25.2 Å². The largest absolute Gasteiger partial charge is 0.463 e. The Kier molecular flexibility index (Phi) is 3.24. The summed E-state index contributed by atoms with van der Waals surface area (Å²) in [4.78, 5) is 0. The van der Waals surface area contributed by atoms with Crippen molar-refractivity contribution >= 4 is 11.3 Å². The second kappa shape index (κ2) is 5.20. The van der Waals surface area contributed by atoms with Crippen LogP contribution >= 0.6 is 11.3 Å².